The molecule has 6 rings (SSSR count). The van der Waals surface area contributed by atoms with Crippen LogP contribution in [0.25, 0.3) is 16.5 Å². The molecule has 0 saturated carbocycles. The van der Waals surface area contributed by atoms with Crippen LogP contribution >= 0.6 is 11.6 Å². The van der Waals surface area contributed by atoms with Gasteiger partial charge in [-0.15, -0.1) is 0 Å². The van der Waals surface area contributed by atoms with Crippen LogP contribution in [-0.4, -0.2) is 46.1 Å². The molecule has 0 saturated heterocycles. The second kappa shape index (κ2) is 9.86. The molecular formula is C31H31ClN4O4. The highest BCUT2D eigenvalue weighted by molar-refractivity contribution is 6.38. The number of hydrogen-bond donors (Lipinski definition) is 3. The Hall–Kier alpha value is -4.04. The average Bonchev–Trinajstić information content (AvgIpc) is 3.53. The highest BCUT2D eigenvalue weighted by Gasteiger charge is 2.48. The quantitative estimate of drug-likeness (QED) is 0.173. The third-order valence-electron chi connectivity index (χ3n) is 7.63. The number of H-pyrrole nitrogens is 1. The maximum Gasteiger partial charge on any atom is 0.408 e. The summed E-state index contributed by atoms with van der Waals surface area (Å²) >= 11 is 7.24. The summed E-state index contributed by atoms with van der Waals surface area (Å²) in [5.74, 6) is -1.35. The van der Waals surface area contributed by atoms with Gasteiger partial charge >= 0.3 is 6.09 Å². The van der Waals surface area contributed by atoms with Crippen molar-refractivity contribution in [3.63, 3.8) is 0 Å². The summed E-state index contributed by atoms with van der Waals surface area (Å²) in [6.45, 7) is 5.50. The number of halogens is 1. The van der Waals surface area contributed by atoms with E-state index in [-0.39, 0.29) is 12.1 Å². The number of amides is 3. The summed E-state index contributed by atoms with van der Waals surface area (Å²) < 4.78 is 5.40. The smallest absolute Gasteiger partial charge is 0.408 e. The first-order valence-electron chi connectivity index (χ1n) is 13.5. The fourth-order valence-electron chi connectivity index (χ4n) is 6.01. The number of hydrogen-bond acceptors (Lipinski definition) is 5. The first-order valence-corrected chi connectivity index (χ1v) is 13.9. The van der Waals surface area contributed by atoms with E-state index < -0.39 is 34.9 Å². The van der Waals surface area contributed by atoms with Crippen molar-refractivity contribution in [2.75, 3.05) is 4.90 Å². The Balaban J connectivity index is 1.34. The van der Waals surface area contributed by atoms with Gasteiger partial charge in [-0.1, -0.05) is 60.2 Å². The zero-order valence-corrected chi connectivity index (χ0v) is 23.3. The molecule has 9 heteroatoms. The number of para-hydroxylation sites is 2. The fourth-order valence-corrected chi connectivity index (χ4v) is 6.52. The van der Waals surface area contributed by atoms with Crippen molar-refractivity contribution in [3.8, 4) is 0 Å². The standard InChI is InChI=1S/C31H31ClN4O4/c1-31(2,3)40-30(39)34-17-12-14-18(15-13-17)36-23-11-7-5-9-20(23)24(27(36)32)26-25(28(37)35-29(26)38)21-16-33-22-10-6-4-8-19(21)22/h4-12,14,16-18,24,27,33H,13,15H2,1-3H3,(H,34,39)(H,35,37,38)/t17-,18?,24?,27?/m0/s1. The summed E-state index contributed by atoms with van der Waals surface area (Å²) in [6, 6.07) is 15.4. The molecule has 1 aromatic heterocycles. The number of nitrogens with zero attached hydrogens (tertiary/aromatic N) is 1. The van der Waals surface area contributed by atoms with Gasteiger partial charge in [-0.2, -0.15) is 0 Å². The number of aromatic nitrogens is 1. The molecular weight excluding hydrogens is 528 g/mol. The zero-order valence-electron chi connectivity index (χ0n) is 22.5. The number of nitrogens with one attached hydrogen (secondary N) is 3. The molecule has 3 N–H and O–H groups in total. The van der Waals surface area contributed by atoms with Gasteiger partial charge in [0.2, 0.25) is 0 Å². The second-order valence-electron chi connectivity index (χ2n) is 11.4. The molecule has 0 radical (unpaired) electrons. The van der Waals surface area contributed by atoms with Crippen LogP contribution in [0.4, 0.5) is 10.5 Å². The van der Waals surface area contributed by atoms with Gasteiger partial charge in [-0.3, -0.25) is 14.9 Å². The lowest BCUT2D eigenvalue weighted by Crippen LogP contribution is -2.44. The number of fused-ring (bicyclic) bond motifs is 2. The van der Waals surface area contributed by atoms with E-state index in [2.05, 4.69) is 26.6 Å². The van der Waals surface area contributed by atoms with Gasteiger partial charge in [0, 0.05) is 40.0 Å². The van der Waals surface area contributed by atoms with E-state index in [4.69, 9.17) is 16.3 Å². The van der Waals surface area contributed by atoms with Gasteiger partial charge in [0.15, 0.2) is 0 Å². The number of rotatable bonds is 4. The van der Waals surface area contributed by atoms with Crippen LogP contribution in [-0.2, 0) is 14.3 Å². The lowest BCUT2D eigenvalue weighted by Gasteiger charge is -2.35. The summed E-state index contributed by atoms with van der Waals surface area (Å²) in [6.07, 6.45) is 6.79. The Bertz CT molecular complexity index is 1580. The summed E-state index contributed by atoms with van der Waals surface area (Å²) in [7, 11) is 0. The van der Waals surface area contributed by atoms with E-state index in [1.807, 2.05) is 75.4 Å². The number of ether oxygens (including phenoxy) is 1. The molecule has 0 bridgehead atoms. The van der Waals surface area contributed by atoms with Gasteiger partial charge in [-0.05, 0) is 51.3 Å². The number of alkyl halides is 1. The number of carbonyl (C=O) groups is 3. The monoisotopic (exact) mass is 558 g/mol. The van der Waals surface area contributed by atoms with Gasteiger partial charge in [0.1, 0.15) is 11.1 Å². The Kier molecular flexibility index (Phi) is 6.45. The number of benzene rings is 2. The van der Waals surface area contributed by atoms with Crippen molar-refractivity contribution in [1.29, 1.82) is 0 Å². The molecule has 3 unspecified atom stereocenters. The molecule has 206 valence electrons. The van der Waals surface area contributed by atoms with E-state index in [1.165, 1.54) is 0 Å². The molecule has 1 aliphatic carbocycles. The molecule has 40 heavy (non-hydrogen) atoms. The van der Waals surface area contributed by atoms with Gasteiger partial charge in [0.05, 0.1) is 17.5 Å². The predicted molar refractivity (Wildman–Crippen MR) is 155 cm³/mol. The minimum Gasteiger partial charge on any atom is -0.444 e. The zero-order chi connectivity index (χ0) is 28.2. The molecule has 0 fully saturated rings. The lowest BCUT2D eigenvalue weighted by atomic mass is 9.87. The fraction of sp³-hybridized carbons (Fsp3) is 0.323. The SMILES string of the molecule is CC(C)(C)OC(=O)N[C@H]1C=CC(N2c3ccccc3C(C3=C(c4c[nH]c5ccccc45)C(=O)NC3=O)C2Cl)CC1. The number of carbonyl (C=O) groups excluding carboxylic acids is 3. The normalized spacial score (nSPS) is 24.4. The third kappa shape index (κ3) is 4.56. The van der Waals surface area contributed by atoms with Crippen LogP contribution in [0, 0.1) is 0 Å². The number of imide groups is 1. The van der Waals surface area contributed by atoms with E-state index in [9.17, 15) is 14.4 Å². The van der Waals surface area contributed by atoms with Gasteiger partial charge in [0.25, 0.3) is 11.8 Å². The van der Waals surface area contributed by atoms with E-state index >= 15 is 0 Å². The second-order valence-corrected chi connectivity index (χ2v) is 11.9. The van der Waals surface area contributed by atoms with E-state index in [1.54, 1.807) is 6.20 Å². The maximum atomic E-state index is 13.4. The predicted octanol–water partition coefficient (Wildman–Crippen LogP) is 5.36. The van der Waals surface area contributed by atoms with E-state index in [0.29, 0.717) is 23.1 Å². The maximum absolute atomic E-state index is 13.4. The summed E-state index contributed by atoms with van der Waals surface area (Å²) in [4.78, 5) is 44.1. The van der Waals surface area contributed by atoms with Crippen molar-refractivity contribution < 1.29 is 19.1 Å². The van der Waals surface area contributed by atoms with Crippen LogP contribution < -0.4 is 15.5 Å². The molecule has 3 aliphatic rings. The largest absolute Gasteiger partial charge is 0.444 e. The number of aromatic amines is 1. The first-order chi connectivity index (χ1) is 19.1. The molecule has 3 amide bonds. The topological polar surface area (TPSA) is 104 Å². The first kappa shape index (κ1) is 26.2. The van der Waals surface area contributed by atoms with Crippen LogP contribution in [0.2, 0.25) is 0 Å². The Labute approximate surface area is 237 Å². The minimum atomic E-state index is -0.603. The van der Waals surface area contributed by atoms with E-state index in [0.717, 1.165) is 28.6 Å². The molecule has 3 aromatic rings. The van der Waals surface area contributed by atoms with Crippen LogP contribution in [0.3, 0.4) is 0 Å². The Morgan fingerprint density at radius 3 is 2.52 bits per heavy atom. The van der Waals surface area contributed by atoms with Gasteiger partial charge in [-0.25, -0.2) is 4.79 Å². The van der Waals surface area contributed by atoms with Crippen molar-refractivity contribution >= 4 is 51.7 Å². The van der Waals surface area contributed by atoms with Crippen molar-refractivity contribution in [2.24, 2.45) is 0 Å². The highest BCUT2D eigenvalue weighted by Crippen LogP contribution is 2.51. The highest BCUT2D eigenvalue weighted by atomic mass is 35.5. The number of alkyl carbamates (subject to hydrolysis) is 1. The van der Waals surface area contributed by atoms with Crippen molar-refractivity contribution in [2.45, 2.75) is 62.7 Å². The Morgan fingerprint density at radius 2 is 1.77 bits per heavy atom. The summed E-state index contributed by atoms with van der Waals surface area (Å²) in [5, 5.41) is 6.31. The third-order valence-corrected chi connectivity index (χ3v) is 8.09. The van der Waals surface area contributed by atoms with Crippen molar-refractivity contribution in [3.05, 3.63) is 83.6 Å². The molecule has 2 aliphatic heterocycles. The lowest BCUT2D eigenvalue weighted by molar-refractivity contribution is -0.123. The van der Waals surface area contributed by atoms with Gasteiger partial charge < -0.3 is 19.9 Å². The molecule has 2 aromatic carbocycles. The van der Waals surface area contributed by atoms with Crippen LogP contribution in [0.5, 0.6) is 0 Å². The average molecular weight is 559 g/mol. The van der Waals surface area contributed by atoms with Crippen LogP contribution in [0.15, 0.2) is 72.5 Å². The van der Waals surface area contributed by atoms with Crippen LogP contribution in [0.1, 0.15) is 50.7 Å². The van der Waals surface area contributed by atoms with Crippen molar-refractivity contribution in [1.82, 2.24) is 15.6 Å². The molecule has 8 nitrogen and oxygen atoms in total. The number of anilines is 1. The Morgan fingerprint density at radius 1 is 1.02 bits per heavy atom. The molecule has 0 spiro atoms. The molecule has 4 atom stereocenters. The summed E-state index contributed by atoms with van der Waals surface area (Å²) in [5.41, 5.74) is 2.97. The minimum absolute atomic E-state index is 0.0531. The molecule has 3 heterocycles.